The van der Waals surface area contributed by atoms with Gasteiger partial charge < -0.3 is 34.3 Å². The molecule has 3 fully saturated rings. The number of aliphatic hydroxyl groups is 1. The van der Waals surface area contributed by atoms with Crippen molar-refractivity contribution in [2.45, 2.75) is 123 Å². The zero-order valence-corrected chi connectivity index (χ0v) is 40.0. The van der Waals surface area contributed by atoms with Crippen LogP contribution in [0.4, 0.5) is 4.79 Å². The lowest BCUT2D eigenvalue weighted by molar-refractivity contribution is -0.189. The molecule has 6 bridgehead atoms. The number of hydrogen-bond acceptors (Lipinski definition) is 12. The highest BCUT2D eigenvalue weighted by Crippen LogP contribution is 2.42. The average molecular weight is 912 g/mol. The molecule has 3 N–H and O–H groups in total. The van der Waals surface area contributed by atoms with E-state index < -0.39 is 41.0 Å². The second kappa shape index (κ2) is 18.4. The normalized spacial score (nSPS) is 22.7. The number of ether oxygens (including phenoxy) is 2. The number of pyridine rings is 1. The van der Waals surface area contributed by atoms with Crippen LogP contribution in [0.2, 0.25) is 0 Å². The van der Waals surface area contributed by atoms with Crippen molar-refractivity contribution in [1.82, 2.24) is 45.0 Å². The summed E-state index contributed by atoms with van der Waals surface area (Å²) < 4.78 is 14.1. The minimum Gasteiger partial charge on any atom is -0.462 e. The Labute approximate surface area is 385 Å². The van der Waals surface area contributed by atoms with Gasteiger partial charge in [-0.1, -0.05) is 33.8 Å². The van der Waals surface area contributed by atoms with Gasteiger partial charge in [-0.05, 0) is 82.3 Å². The van der Waals surface area contributed by atoms with Crippen molar-refractivity contribution in [2.75, 3.05) is 47.4 Å². The van der Waals surface area contributed by atoms with Crippen LogP contribution < -0.4 is 10.7 Å². The summed E-state index contributed by atoms with van der Waals surface area (Å²) >= 11 is 1.39. The predicted octanol–water partition coefficient (Wildman–Crippen LogP) is 5.38. The minimum atomic E-state index is -2.20. The molecule has 6 heterocycles. The zero-order valence-electron chi connectivity index (χ0n) is 39.2. The highest BCUT2D eigenvalue weighted by molar-refractivity contribution is 7.10. The molecule has 0 spiro atoms. The van der Waals surface area contributed by atoms with E-state index in [0.717, 1.165) is 44.7 Å². The number of likely N-dealkylation sites (tertiary alicyclic amines) is 1. The van der Waals surface area contributed by atoms with Crippen LogP contribution in [-0.4, -0.2) is 141 Å². The molecule has 0 radical (unpaired) electrons. The number of aromatic nitrogens is 3. The second-order valence-electron chi connectivity index (χ2n) is 19.5. The smallest absolute Gasteiger partial charge is 0.355 e. The standard InChI is InChI=1S/C48H65N9O7S/c1-10-56-38-17-14-30-21-34(38)35(42(56)33-13-11-19-49-40(33)29(4)63-9)23-47(5,6)27-64-45(60)48(62)18-12-20-57(52-48)44(59)36(22-39-50-37(30)26-65-39)51-43(58)41(28(2)3)54(8)46(61)55-24-32(25-55)53(7)31-15-16-31/h11,13-14,17,19,21,26,28-29,31-32,36,41,52,62H,10,12,15-16,18,20,22-25,27H2,1-9H3,(H,51,58)/t29-,36-,41-,48-/m0/s1. The van der Waals surface area contributed by atoms with Crippen LogP contribution in [0.5, 0.6) is 0 Å². The van der Waals surface area contributed by atoms with Gasteiger partial charge in [0.05, 0.1) is 34.8 Å². The lowest BCUT2D eigenvalue weighted by atomic mass is 9.84. The number of fused-ring (bicyclic) bond motifs is 6. The van der Waals surface area contributed by atoms with Crippen molar-refractivity contribution in [3.8, 4) is 22.5 Å². The number of rotatable bonds is 10. The molecule has 65 heavy (non-hydrogen) atoms. The van der Waals surface area contributed by atoms with Gasteiger partial charge >= 0.3 is 12.0 Å². The molecule has 350 valence electrons. The van der Waals surface area contributed by atoms with Crippen molar-refractivity contribution >= 4 is 46.1 Å². The number of cyclic esters (lactones) is 1. The van der Waals surface area contributed by atoms with Gasteiger partial charge in [0.15, 0.2) is 0 Å². The number of hydrogen-bond donors (Lipinski definition) is 3. The molecular weight excluding hydrogens is 847 g/mol. The minimum absolute atomic E-state index is 0.0113. The van der Waals surface area contributed by atoms with Crippen LogP contribution >= 0.6 is 11.3 Å². The Balaban J connectivity index is 1.16. The first kappa shape index (κ1) is 46.6. The highest BCUT2D eigenvalue weighted by atomic mass is 32.1. The predicted molar refractivity (Wildman–Crippen MR) is 248 cm³/mol. The van der Waals surface area contributed by atoms with Crippen molar-refractivity contribution in [2.24, 2.45) is 11.3 Å². The number of esters is 1. The van der Waals surface area contributed by atoms with E-state index in [0.29, 0.717) is 49.6 Å². The number of carbonyl (C=O) groups is 4. The van der Waals surface area contributed by atoms with Crippen molar-refractivity contribution in [3.05, 3.63) is 58.2 Å². The number of aryl methyl sites for hydroxylation is 1. The Bertz CT molecular complexity index is 2440. The first-order valence-electron chi connectivity index (χ1n) is 23.0. The van der Waals surface area contributed by atoms with Crippen LogP contribution in [0.3, 0.4) is 0 Å². The summed E-state index contributed by atoms with van der Waals surface area (Å²) in [7, 11) is 5.42. The lowest BCUT2D eigenvalue weighted by Gasteiger charge is -2.46. The van der Waals surface area contributed by atoms with Crippen LogP contribution in [0.1, 0.15) is 89.6 Å². The maximum Gasteiger partial charge on any atom is 0.355 e. The zero-order chi connectivity index (χ0) is 46.5. The van der Waals surface area contributed by atoms with E-state index in [-0.39, 0.29) is 44.0 Å². The monoisotopic (exact) mass is 911 g/mol. The first-order valence-corrected chi connectivity index (χ1v) is 23.9. The molecule has 4 amide bonds. The Hall–Kier alpha value is -4.94. The van der Waals surface area contributed by atoms with E-state index >= 15 is 0 Å². The summed E-state index contributed by atoms with van der Waals surface area (Å²) in [6.07, 6.45) is 4.70. The fraction of sp³-hybridized carbons (Fsp3) is 0.583. The number of thiazole rings is 1. The number of hydrazine groups is 1. The number of methoxy groups -OCH3 is 1. The van der Waals surface area contributed by atoms with E-state index in [2.05, 4.69) is 58.4 Å². The van der Waals surface area contributed by atoms with Crippen molar-refractivity contribution in [3.63, 3.8) is 0 Å². The van der Waals surface area contributed by atoms with Crippen LogP contribution in [0, 0.1) is 11.3 Å². The molecule has 1 saturated carbocycles. The van der Waals surface area contributed by atoms with Gasteiger partial charge in [0.1, 0.15) is 12.1 Å². The van der Waals surface area contributed by atoms with Gasteiger partial charge in [-0.2, -0.15) is 5.43 Å². The molecule has 1 aromatic carbocycles. The van der Waals surface area contributed by atoms with Crippen LogP contribution in [0.15, 0.2) is 41.9 Å². The topological polar surface area (TPSA) is 175 Å². The summed E-state index contributed by atoms with van der Waals surface area (Å²) in [6.45, 7) is 13.9. The molecule has 16 nitrogen and oxygen atoms in total. The quantitative estimate of drug-likeness (QED) is 0.175. The van der Waals surface area contributed by atoms with E-state index in [4.69, 9.17) is 19.4 Å². The fourth-order valence-electron chi connectivity index (χ4n) is 9.78. The third kappa shape index (κ3) is 9.27. The number of benzene rings is 1. The molecule has 0 unspecified atom stereocenters. The Morgan fingerprint density at radius 1 is 1.12 bits per heavy atom. The summed E-state index contributed by atoms with van der Waals surface area (Å²) in [4.78, 5) is 72.3. The molecular formula is C48H65N9O7S. The summed E-state index contributed by atoms with van der Waals surface area (Å²) in [5, 5.41) is 19.6. The highest BCUT2D eigenvalue weighted by Gasteiger charge is 2.46. The molecule has 3 aliphatic heterocycles. The maximum atomic E-state index is 14.6. The van der Waals surface area contributed by atoms with Crippen molar-refractivity contribution < 1.29 is 33.8 Å². The molecule has 17 heteroatoms. The first-order chi connectivity index (χ1) is 30.9. The Kier molecular flexibility index (Phi) is 13.2. The number of nitrogens with zero attached hydrogens (tertiary/aromatic N) is 7. The van der Waals surface area contributed by atoms with Gasteiger partial charge in [0.2, 0.25) is 11.6 Å². The largest absolute Gasteiger partial charge is 0.462 e. The number of urea groups is 1. The van der Waals surface area contributed by atoms with Gasteiger partial charge in [0, 0.05) is 104 Å². The molecule has 4 aromatic rings. The molecule has 3 aromatic heterocycles. The third-order valence-electron chi connectivity index (χ3n) is 13.7. The van der Waals surface area contributed by atoms with Gasteiger partial charge in [-0.3, -0.25) is 24.5 Å². The van der Waals surface area contributed by atoms with Crippen LogP contribution in [0.25, 0.3) is 33.4 Å². The van der Waals surface area contributed by atoms with E-state index in [1.165, 1.54) is 34.1 Å². The van der Waals surface area contributed by atoms with E-state index in [1.54, 1.807) is 25.3 Å². The van der Waals surface area contributed by atoms with Crippen molar-refractivity contribution in [1.29, 1.82) is 0 Å². The Morgan fingerprint density at radius 3 is 2.57 bits per heavy atom. The van der Waals surface area contributed by atoms with Gasteiger partial charge in [-0.15, -0.1) is 11.3 Å². The van der Waals surface area contributed by atoms with Gasteiger partial charge in [0.25, 0.3) is 5.91 Å². The van der Waals surface area contributed by atoms with E-state index in [9.17, 15) is 24.3 Å². The molecule has 4 atom stereocenters. The average Bonchev–Trinajstić information content (AvgIpc) is 3.95. The van der Waals surface area contributed by atoms with Gasteiger partial charge in [-0.25, -0.2) is 14.6 Å². The SMILES string of the molecule is CCn1c(-c2cccnc2[C@H](C)OC)c2c3cc(ccc31)-c1csc(n1)C[C@H](NC(=O)[C@H](C(C)C)N(C)C(=O)N1CC(N(C)C3CC3)C1)C(=O)N1CCC[C@@](O)(N1)C(=O)OCC(C)(C)C2. The molecule has 4 aliphatic rings. The summed E-state index contributed by atoms with van der Waals surface area (Å²) in [5.74, 6) is -2.22. The number of carbonyl (C=O) groups excluding carboxylic acids is 4. The number of nitrogens with one attached hydrogen (secondary N) is 2. The molecule has 8 rings (SSSR count). The Morgan fingerprint density at radius 2 is 1.88 bits per heavy atom. The van der Waals surface area contributed by atoms with E-state index in [1.807, 2.05) is 46.1 Å². The fourth-order valence-corrected chi connectivity index (χ4v) is 10.6. The molecule has 1 aliphatic carbocycles. The number of amides is 4. The summed E-state index contributed by atoms with van der Waals surface area (Å²) in [5.41, 5.74) is 6.41. The molecule has 2 saturated heterocycles. The second-order valence-corrected chi connectivity index (χ2v) is 20.5. The third-order valence-corrected chi connectivity index (χ3v) is 14.6. The number of likely N-dealkylation sites (N-methyl/N-ethyl adjacent to an activating group) is 2. The summed E-state index contributed by atoms with van der Waals surface area (Å²) in [6, 6.07) is 8.91. The van der Waals surface area contributed by atoms with Crippen LogP contribution in [-0.2, 0) is 43.2 Å². The maximum absolute atomic E-state index is 14.6. The lowest BCUT2D eigenvalue weighted by Crippen LogP contribution is -2.68.